The summed E-state index contributed by atoms with van der Waals surface area (Å²) in [6.45, 7) is 2.21. The summed E-state index contributed by atoms with van der Waals surface area (Å²) in [6, 6.07) is 5.85. The van der Waals surface area contributed by atoms with E-state index in [1.54, 1.807) is 6.07 Å². The highest BCUT2D eigenvalue weighted by Crippen LogP contribution is 2.44. The summed E-state index contributed by atoms with van der Waals surface area (Å²) in [6.07, 6.45) is 3.65. The van der Waals surface area contributed by atoms with Crippen LogP contribution in [-0.4, -0.2) is 18.2 Å². The molecular formula is C12H15NO. The molecule has 1 unspecified atom stereocenters. The number of hydrogen-bond donors (Lipinski definition) is 2. The van der Waals surface area contributed by atoms with Gasteiger partial charge in [-0.25, -0.2) is 0 Å². The maximum absolute atomic E-state index is 9.52. The van der Waals surface area contributed by atoms with Crippen molar-refractivity contribution in [1.29, 1.82) is 0 Å². The van der Waals surface area contributed by atoms with E-state index in [2.05, 4.69) is 11.4 Å². The number of aryl methyl sites for hydroxylation is 1. The number of aromatic hydroxyl groups is 1. The smallest absolute Gasteiger partial charge is 0.115 e. The van der Waals surface area contributed by atoms with Crippen molar-refractivity contribution in [1.82, 2.24) is 5.32 Å². The molecule has 74 valence electrons. The van der Waals surface area contributed by atoms with Gasteiger partial charge in [0.25, 0.3) is 0 Å². The lowest BCUT2D eigenvalue weighted by atomic mass is 9.81. The maximum Gasteiger partial charge on any atom is 0.115 e. The van der Waals surface area contributed by atoms with Gasteiger partial charge in [0, 0.05) is 12.0 Å². The summed E-state index contributed by atoms with van der Waals surface area (Å²) in [5.74, 6) is 0.414. The third-order valence-corrected chi connectivity index (χ3v) is 3.78. The van der Waals surface area contributed by atoms with Crippen LogP contribution in [0, 0.1) is 0 Å². The Balaban J connectivity index is 2.12. The van der Waals surface area contributed by atoms with Crippen molar-refractivity contribution < 1.29 is 5.11 Å². The molecule has 1 spiro atoms. The van der Waals surface area contributed by atoms with Gasteiger partial charge in [-0.15, -0.1) is 0 Å². The largest absolute Gasteiger partial charge is 0.508 e. The zero-order valence-electron chi connectivity index (χ0n) is 8.21. The van der Waals surface area contributed by atoms with Gasteiger partial charge < -0.3 is 10.4 Å². The van der Waals surface area contributed by atoms with Crippen LogP contribution in [0.4, 0.5) is 0 Å². The van der Waals surface area contributed by atoms with Gasteiger partial charge in [0.2, 0.25) is 0 Å². The number of phenols is 1. The van der Waals surface area contributed by atoms with Crippen LogP contribution in [0.3, 0.4) is 0 Å². The van der Waals surface area contributed by atoms with E-state index in [1.807, 2.05) is 6.07 Å². The van der Waals surface area contributed by atoms with E-state index in [0.717, 1.165) is 13.1 Å². The normalized spacial score (nSPS) is 29.7. The fraction of sp³-hybridized carbons (Fsp3) is 0.500. The Kier molecular flexibility index (Phi) is 1.62. The van der Waals surface area contributed by atoms with Gasteiger partial charge in [0.1, 0.15) is 5.75 Å². The van der Waals surface area contributed by atoms with Crippen LogP contribution in [0.1, 0.15) is 24.0 Å². The van der Waals surface area contributed by atoms with Gasteiger partial charge in [-0.2, -0.15) is 0 Å². The Labute approximate surface area is 84.0 Å². The van der Waals surface area contributed by atoms with E-state index in [1.165, 1.54) is 30.4 Å². The Bertz CT molecular complexity index is 367. The number of nitrogens with one attached hydrogen (secondary N) is 1. The molecule has 1 heterocycles. The fourth-order valence-electron chi connectivity index (χ4n) is 2.97. The van der Waals surface area contributed by atoms with Gasteiger partial charge in [-0.05, 0) is 49.1 Å². The predicted molar refractivity (Wildman–Crippen MR) is 55.6 cm³/mol. The molecule has 0 aromatic heterocycles. The van der Waals surface area contributed by atoms with Crippen molar-refractivity contribution in [2.45, 2.75) is 24.7 Å². The molecule has 1 atom stereocenters. The van der Waals surface area contributed by atoms with Crippen molar-refractivity contribution in [2.75, 3.05) is 13.1 Å². The fourth-order valence-corrected chi connectivity index (χ4v) is 2.97. The van der Waals surface area contributed by atoms with E-state index < -0.39 is 0 Å². The Hall–Kier alpha value is -1.02. The van der Waals surface area contributed by atoms with Crippen LogP contribution in [-0.2, 0) is 11.8 Å². The number of phenolic OH excluding ortho intramolecular Hbond substituents is 1. The van der Waals surface area contributed by atoms with Crippen LogP contribution in [0.15, 0.2) is 18.2 Å². The molecule has 1 aliphatic heterocycles. The minimum absolute atomic E-state index is 0.341. The summed E-state index contributed by atoms with van der Waals surface area (Å²) >= 11 is 0. The van der Waals surface area contributed by atoms with E-state index in [4.69, 9.17) is 0 Å². The third kappa shape index (κ3) is 1.01. The number of hydrogen-bond acceptors (Lipinski definition) is 2. The highest BCUT2D eigenvalue weighted by Gasteiger charge is 2.40. The van der Waals surface area contributed by atoms with Gasteiger partial charge in [-0.3, -0.25) is 0 Å². The zero-order valence-corrected chi connectivity index (χ0v) is 8.21. The molecule has 2 heteroatoms. The summed E-state index contributed by atoms with van der Waals surface area (Å²) in [5, 5.41) is 13.0. The Morgan fingerprint density at radius 1 is 1.29 bits per heavy atom. The molecule has 1 fully saturated rings. The van der Waals surface area contributed by atoms with E-state index >= 15 is 0 Å². The summed E-state index contributed by atoms with van der Waals surface area (Å²) < 4.78 is 0. The highest BCUT2D eigenvalue weighted by molar-refractivity contribution is 5.44. The van der Waals surface area contributed by atoms with E-state index in [-0.39, 0.29) is 0 Å². The molecule has 2 nitrogen and oxygen atoms in total. The lowest BCUT2D eigenvalue weighted by Gasteiger charge is -2.23. The number of fused-ring (bicyclic) bond motifs is 2. The van der Waals surface area contributed by atoms with Crippen LogP contribution in [0.25, 0.3) is 0 Å². The molecule has 0 bridgehead atoms. The van der Waals surface area contributed by atoms with Crippen molar-refractivity contribution >= 4 is 0 Å². The molecule has 14 heavy (non-hydrogen) atoms. The molecule has 0 saturated carbocycles. The van der Waals surface area contributed by atoms with Crippen molar-refractivity contribution in [3.63, 3.8) is 0 Å². The molecular weight excluding hydrogens is 174 g/mol. The van der Waals surface area contributed by atoms with E-state index in [9.17, 15) is 5.11 Å². The van der Waals surface area contributed by atoms with Gasteiger partial charge in [0.05, 0.1) is 0 Å². The molecule has 2 aliphatic rings. The van der Waals surface area contributed by atoms with Crippen molar-refractivity contribution in [3.05, 3.63) is 29.3 Å². The van der Waals surface area contributed by atoms with Crippen LogP contribution >= 0.6 is 0 Å². The third-order valence-electron chi connectivity index (χ3n) is 3.78. The second kappa shape index (κ2) is 2.74. The second-order valence-electron chi connectivity index (χ2n) is 4.55. The number of benzene rings is 1. The van der Waals surface area contributed by atoms with Gasteiger partial charge in [0.15, 0.2) is 0 Å². The molecule has 0 radical (unpaired) electrons. The topological polar surface area (TPSA) is 32.3 Å². The summed E-state index contributed by atoms with van der Waals surface area (Å²) in [5.41, 5.74) is 3.17. The van der Waals surface area contributed by atoms with Gasteiger partial charge >= 0.3 is 0 Å². The molecule has 0 amide bonds. The van der Waals surface area contributed by atoms with Crippen LogP contribution < -0.4 is 5.32 Å². The SMILES string of the molecule is Oc1ccc2c(c1)C1(CCNC1)CC2. The second-order valence-corrected chi connectivity index (χ2v) is 4.55. The minimum atomic E-state index is 0.341. The molecule has 2 N–H and O–H groups in total. The quantitative estimate of drug-likeness (QED) is 0.649. The summed E-state index contributed by atoms with van der Waals surface area (Å²) in [7, 11) is 0. The number of rotatable bonds is 0. The molecule has 1 aromatic carbocycles. The first-order valence-corrected chi connectivity index (χ1v) is 5.33. The molecule has 3 rings (SSSR count). The van der Waals surface area contributed by atoms with Gasteiger partial charge in [-0.1, -0.05) is 6.07 Å². The standard InChI is InChI=1S/C12H15NO/c14-10-2-1-9-3-4-12(11(9)7-10)5-6-13-8-12/h1-2,7,13-14H,3-6,8H2. The first-order valence-electron chi connectivity index (χ1n) is 5.33. The summed E-state index contributed by atoms with van der Waals surface area (Å²) in [4.78, 5) is 0. The van der Waals surface area contributed by atoms with Crippen molar-refractivity contribution in [3.8, 4) is 5.75 Å². The predicted octanol–water partition coefficient (Wildman–Crippen LogP) is 1.57. The Morgan fingerprint density at radius 2 is 2.21 bits per heavy atom. The molecule has 1 aromatic rings. The lowest BCUT2D eigenvalue weighted by Crippen LogP contribution is -2.25. The van der Waals surface area contributed by atoms with Crippen LogP contribution in [0.5, 0.6) is 5.75 Å². The monoisotopic (exact) mass is 189 g/mol. The minimum Gasteiger partial charge on any atom is -0.508 e. The maximum atomic E-state index is 9.52. The van der Waals surface area contributed by atoms with Crippen molar-refractivity contribution in [2.24, 2.45) is 0 Å². The first kappa shape index (κ1) is 8.30. The first-order chi connectivity index (χ1) is 6.80. The zero-order chi connectivity index (χ0) is 9.60. The molecule has 1 saturated heterocycles. The Morgan fingerprint density at radius 3 is 3.00 bits per heavy atom. The highest BCUT2D eigenvalue weighted by atomic mass is 16.3. The average molecular weight is 189 g/mol. The lowest BCUT2D eigenvalue weighted by molar-refractivity contribution is 0.455. The van der Waals surface area contributed by atoms with Crippen LogP contribution in [0.2, 0.25) is 0 Å². The van der Waals surface area contributed by atoms with E-state index in [0.29, 0.717) is 11.2 Å². The average Bonchev–Trinajstić information content (AvgIpc) is 2.77. The molecule has 1 aliphatic carbocycles.